The molecule has 0 aliphatic carbocycles. The Labute approximate surface area is 160 Å². The van der Waals surface area contributed by atoms with Gasteiger partial charge in [0.2, 0.25) is 10.0 Å². The minimum absolute atomic E-state index is 0.159. The number of fused-ring (bicyclic) bond motifs is 1. The van der Waals surface area contributed by atoms with Crippen LogP contribution in [-0.4, -0.2) is 46.1 Å². The summed E-state index contributed by atoms with van der Waals surface area (Å²) in [7, 11) is 0.779. The summed E-state index contributed by atoms with van der Waals surface area (Å²) in [6.45, 7) is 1.76. The summed E-state index contributed by atoms with van der Waals surface area (Å²) in [5.74, 6) is -0.159. The lowest BCUT2D eigenvalue weighted by molar-refractivity contribution is 0.0951. The highest BCUT2D eigenvalue weighted by molar-refractivity contribution is 7.92. The summed E-state index contributed by atoms with van der Waals surface area (Å²) in [6.07, 6.45) is 1.82. The van der Waals surface area contributed by atoms with Crippen LogP contribution in [0.3, 0.4) is 0 Å². The van der Waals surface area contributed by atoms with E-state index >= 15 is 0 Å². The molecule has 2 aromatic rings. The fraction of sp³-hybridized carbons (Fsp3) is 0.350. The van der Waals surface area contributed by atoms with Gasteiger partial charge in [-0.3, -0.25) is 9.10 Å². The van der Waals surface area contributed by atoms with Gasteiger partial charge in [-0.1, -0.05) is 24.3 Å². The molecule has 2 aromatic carbocycles. The third kappa shape index (κ3) is 4.67. The highest BCUT2D eigenvalue weighted by Gasteiger charge is 2.26. The molecule has 6 nitrogen and oxygen atoms in total. The zero-order valence-corrected chi connectivity index (χ0v) is 16.7. The first-order valence-electron chi connectivity index (χ1n) is 8.85. The van der Waals surface area contributed by atoms with Crippen molar-refractivity contribution in [3.05, 3.63) is 64.7 Å². The van der Waals surface area contributed by atoms with E-state index < -0.39 is 10.0 Å². The molecule has 0 aromatic heterocycles. The zero-order chi connectivity index (χ0) is 19.6. The molecule has 1 aliphatic heterocycles. The van der Waals surface area contributed by atoms with Crippen molar-refractivity contribution in [1.29, 1.82) is 0 Å². The molecule has 27 heavy (non-hydrogen) atoms. The zero-order valence-electron chi connectivity index (χ0n) is 15.9. The van der Waals surface area contributed by atoms with Crippen molar-refractivity contribution in [2.45, 2.75) is 19.5 Å². The molecule has 0 atom stereocenters. The van der Waals surface area contributed by atoms with E-state index in [1.165, 1.54) is 16.1 Å². The van der Waals surface area contributed by atoms with Gasteiger partial charge < -0.3 is 10.2 Å². The number of amides is 1. The first-order valence-corrected chi connectivity index (χ1v) is 10.7. The average molecular weight is 388 g/mol. The van der Waals surface area contributed by atoms with Gasteiger partial charge in [-0.15, -0.1) is 0 Å². The minimum atomic E-state index is -3.28. The van der Waals surface area contributed by atoms with E-state index in [0.29, 0.717) is 30.8 Å². The molecule has 0 spiro atoms. The molecule has 1 N–H and O–H groups in total. The third-order valence-electron chi connectivity index (χ3n) is 4.57. The van der Waals surface area contributed by atoms with Gasteiger partial charge >= 0.3 is 0 Å². The van der Waals surface area contributed by atoms with Gasteiger partial charge in [-0.2, -0.15) is 0 Å². The van der Waals surface area contributed by atoms with Crippen molar-refractivity contribution < 1.29 is 13.2 Å². The number of hydrogen-bond donors (Lipinski definition) is 1. The topological polar surface area (TPSA) is 69.7 Å². The fourth-order valence-corrected chi connectivity index (χ4v) is 4.23. The Hall–Kier alpha value is -2.38. The molecule has 0 saturated carbocycles. The van der Waals surface area contributed by atoms with Crippen LogP contribution in [0, 0.1) is 0 Å². The van der Waals surface area contributed by atoms with Gasteiger partial charge in [0.25, 0.3) is 5.91 Å². The predicted octanol–water partition coefficient (Wildman–Crippen LogP) is 2.00. The van der Waals surface area contributed by atoms with Gasteiger partial charge in [0.05, 0.1) is 11.9 Å². The summed E-state index contributed by atoms with van der Waals surface area (Å²) in [5, 5.41) is 2.93. The molecule has 1 heterocycles. The highest BCUT2D eigenvalue weighted by Crippen LogP contribution is 2.30. The predicted molar refractivity (Wildman–Crippen MR) is 107 cm³/mol. The Balaban J connectivity index is 1.64. The molecule has 7 heteroatoms. The Kier molecular flexibility index (Phi) is 5.53. The second-order valence-corrected chi connectivity index (χ2v) is 9.07. The molecular weight excluding hydrogens is 362 g/mol. The molecule has 3 rings (SSSR count). The van der Waals surface area contributed by atoms with Crippen LogP contribution in [0.4, 0.5) is 5.69 Å². The number of nitrogens with zero attached hydrogens (tertiary/aromatic N) is 2. The van der Waals surface area contributed by atoms with E-state index in [2.05, 4.69) is 22.3 Å². The van der Waals surface area contributed by atoms with Gasteiger partial charge in [-0.25, -0.2) is 8.42 Å². The Bertz CT molecular complexity index is 937. The number of carbonyl (C=O) groups excluding carboxylic acids is 1. The van der Waals surface area contributed by atoms with Gasteiger partial charge in [0, 0.05) is 25.2 Å². The lowest BCUT2D eigenvalue weighted by Gasteiger charge is -2.16. The van der Waals surface area contributed by atoms with E-state index in [-0.39, 0.29) is 5.91 Å². The molecular formula is C20H25N3O3S. The summed E-state index contributed by atoms with van der Waals surface area (Å²) in [6, 6.07) is 13.4. The van der Waals surface area contributed by atoms with Gasteiger partial charge in [0.1, 0.15) is 0 Å². The number of rotatable bonds is 6. The van der Waals surface area contributed by atoms with Crippen LogP contribution in [0.1, 0.15) is 27.0 Å². The van der Waals surface area contributed by atoms with Crippen molar-refractivity contribution in [3.8, 4) is 0 Å². The first kappa shape index (κ1) is 19.4. The fourth-order valence-electron chi connectivity index (χ4n) is 3.27. The van der Waals surface area contributed by atoms with Crippen molar-refractivity contribution in [3.63, 3.8) is 0 Å². The summed E-state index contributed by atoms with van der Waals surface area (Å²) in [5.41, 5.74) is 4.37. The van der Waals surface area contributed by atoms with Gasteiger partial charge in [0.15, 0.2) is 0 Å². The average Bonchev–Trinajstić information content (AvgIpc) is 3.04. The van der Waals surface area contributed by atoms with Crippen LogP contribution < -0.4 is 9.62 Å². The van der Waals surface area contributed by atoms with Crippen LogP contribution in [0.25, 0.3) is 0 Å². The Morgan fingerprint density at radius 2 is 1.78 bits per heavy atom. The van der Waals surface area contributed by atoms with E-state index in [0.717, 1.165) is 17.7 Å². The second kappa shape index (κ2) is 7.70. The maximum atomic E-state index is 12.5. The number of carbonyl (C=O) groups is 1. The van der Waals surface area contributed by atoms with Crippen LogP contribution in [-0.2, 0) is 29.5 Å². The van der Waals surface area contributed by atoms with Crippen molar-refractivity contribution in [1.82, 2.24) is 10.2 Å². The molecule has 0 saturated heterocycles. The third-order valence-corrected chi connectivity index (χ3v) is 5.75. The SMILES string of the molecule is CN(C)Cc1ccc(CNC(=O)c2ccc3c(c2)CCN3S(C)(=O)=O)cc1. The normalized spacial score (nSPS) is 13.7. The monoisotopic (exact) mass is 387 g/mol. The first-order chi connectivity index (χ1) is 12.7. The van der Waals surface area contributed by atoms with Gasteiger partial charge in [-0.05, 0) is 55.4 Å². The lowest BCUT2D eigenvalue weighted by atomic mass is 10.1. The smallest absolute Gasteiger partial charge is 0.251 e. The van der Waals surface area contributed by atoms with Crippen molar-refractivity contribution >= 4 is 21.6 Å². The molecule has 0 unspecified atom stereocenters. The van der Waals surface area contributed by atoms with E-state index in [1.807, 2.05) is 26.2 Å². The second-order valence-electron chi connectivity index (χ2n) is 7.17. The molecule has 144 valence electrons. The highest BCUT2D eigenvalue weighted by atomic mass is 32.2. The summed E-state index contributed by atoms with van der Waals surface area (Å²) < 4.78 is 25.0. The number of anilines is 1. The number of benzene rings is 2. The largest absolute Gasteiger partial charge is 0.348 e. The molecule has 1 aliphatic rings. The molecule has 0 radical (unpaired) electrons. The van der Waals surface area contributed by atoms with Crippen LogP contribution in [0.15, 0.2) is 42.5 Å². The van der Waals surface area contributed by atoms with E-state index in [9.17, 15) is 13.2 Å². The molecule has 0 fully saturated rings. The number of nitrogens with one attached hydrogen (secondary N) is 1. The minimum Gasteiger partial charge on any atom is -0.348 e. The summed E-state index contributed by atoms with van der Waals surface area (Å²) >= 11 is 0. The van der Waals surface area contributed by atoms with E-state index in [4.69, 9.17) is 0 Å². The molecule has 1 amide bonds. The lowest BCUT2D eigenvalue weighted by Crippen LogP contribution is -2.27. The number of hydrogen-bond acceptors (Lipinski definition) is 4. The van der Waals surface area contributed by atoms with Crippen molar-refractivity contribution in [2.75, 3.05) is 31.2 Å². The quantitative estimate of drug-likeness (QED) is 0.823. The van der Waals surface area contributed by atoms with Crippen LogP contribution >= 0.6 is 0 Å². The summed E-state index contributed by atoms with van der Waals surface area (Å²) in [4.78, 5) is 14.6. The molecule has 0 bridgehead atoms. The Morgan fingerprint density at radius 3 is 2.41 bits per heavy atom. The van der Waals surface area contributed by atoms with Crippen LogP contribution in [0.5, 0.6) is 0 Å². The van der Waals surface area contributed by atoms with E-state index in [1.54, 1.807) is 18.2 Å². The standard InChI is InChI=1S/C20H25N3O3S/c1-22(2)14-16-6-4-15(5-7-16)13-21-20(24)18-8-9-19-17(12-18)10-11-23(19)27(3,25)26/h4-9,12H,10-11,13-14H2,1-3H3,(H,21,24). The maximum absolute atomic E-state index is 12.5. The van der Waals surface area contributed by atoms with Crippen LogP contribution in [0.2, 0.25) is 0 Å². The van der Waals surface area contributed by atoms with Crippen molar-refractivity contribution in [2.24, 2.45) is 0 Å². The maximum Gasteiger partial charge on any atom is 0.251 e. The number of sulfonamides is 1. The Morgan fingerprint density at radius 1 is 1.11 bits per heavy atom.